The Bertz CT molecular complexity index is 862. The number of amides is 2. The van der Waals surface area contributed by atoms with Gasteiger partial charge >= 0.3 is 11.0 Å². The Kier molecular flexibility index (Phi) is 3.44. The number of carbonyl (C=O) groups is 2. The number of fused-ring (bicyclic) bond motifs is 1. The Hall–Kier alpha value is -2.35. The molecule has 2 N–H and O–H groups in total. The molecule has 1 atom stereocenters. The number of nitrogens with two attached hydrogens (primary N) is 1. The number of primary amides is 1. The molecule has 1 aliphatic heterocycles. The fraction of sp³-hybridized carbons (Fsp3) is 0.400. The normalized spacial score (nSPS) is 18.5. The first-order valence-electron chi connectivity index (χ1n) is 7.12. The number of cyclic esters (lactones) is 1. The standard InChI is InChI=1S/C15H17N3O4S/c1-15(2,3)18-9-5-4-8(6-11(9)23-14(18)21)17-7-10(12(16)19)22-13(17)20/h4-6,10H,7H2,1-3H3,(H2,16,19)/t10-/m1/s1. The van der Waals surface area contributed by atoms with Crippen molar-refractivity contribution in [1.29, 1.82) is 0 Å². The maximum absolute atomic E-state index is 12.2. The van der Waals surface area contributed by atoms with Crippen molar-refractivity contribution in [2.45, 2.75) is 32.4 Å². The Balaban J connectivity index is 2.04. The first kappa shape index (κ1) is 15.5. The molecule has 0 saturated carbocycles. The Morgan fingerprint density at radius 1 is 1.35 bits per heavy atom. The Morgan fingerprint density at radius 3 is 2.61 bits per heavy atom. The predicted molar refractivity (Wildman–Crippen MR) is 87.9 cm³/mol. The highest BCUT2D eigenvalue weighted by Crippen LogP contribution is 2.29. The van der Waals surface area contributed by atoms with Crippen LogP contribution in [0, 0.1) is 0 Å². The predicted octanol–water partition coefficient (Wildman–Crippen LogP) is 1.63. The van der Waals surface area contributed by atoms with E-state index in [1.54, 1.807) is 22.8 Å². The summed E-state index contributed by atoms with van der Waals surface area (Å²) in [5, 5.41) is 0. The lowest BCUT2D eigenvalue weighted by Gasteiger charge is -2.21. The van der Waals surface area contributed by atoms with E-state index in [4.69, 9.17) is 10.5 Å². The van der Waals surface area contributed by atoms with Crippen LogP contribution in [0.25, 0.3) is 10.2 Å². The first-order valence-corrected chi connectivity index (χ1v) is 7.93. The van der Waals surface area contributed by atoms with E-state index in [1.807, 2.05) is 20.8 Å². The first-order chi connectivity index (χ1) is 10.7. The van der Waals surface area contributed by atoms with Crippen LogP contribution in [0.15, 0.2) is 23.0 Å². The van der Waals surface area contributed by atoms with E-state index in [0.29, 0.717) is 5.69 Å². The molecule has 0 bridgehead atoms. The maximum atomic E-state index is 12.2. The molecule has 1 fully saturated rings. The van der Waals surface area contributed by atoms with E-state index >= 15 is 0 Å². The molecule has 2 heterocycles. The van der Waals surface area contributed by atoms with Crippen molar-refractivity contribution in [3.8, 4) is 0 Å². The molecule has 23 heavy (non-hydrogen) atoms. The van der Waals surface area contributed by atoms with Crippen LogP contribution in [0.3, 0.4) is 0 Å². The molecule has 2 amide bonds. The minimum Gasteiger partial charge on any atom is -0.434 e. The van der Waals surface area contributed by atoms with Gasteiger partial charge < -0.3 is 10.5 Å². The van der Waals surface area contributed by atoms with E-state index in [9.17, 15) is 14.4 Å². The van der Waals surface area contributed by atoms with Crippen LogP contribution in [-0.2, 0) is 15.1 Å². The molecule has 1 aromatic carbocycles. The fourth-order valence-corrected chi connectivity index (χ4v) is 3.73. The molecule has 2 aromatic rings. The number of ether oxygens (including phenoxy) is 1. The zero-order valence-electron chi connectivity index (χ0n) is 13.0. The molecule has 1 saturated heterocycles. The Labute approximate surface area is 136 Å². The van der Waals surface area contributed by atoms with Crippen molar-refractivity contribution >= 4 is 39.2 Å². The smallest absolute Gasteiger partial charge is 0.415 e. The third kappa shape index (κ3) is 2.59. The molecule has 0 radical (unpaired) electrons. The van der Waals surface area contributed by atoms with E-state index in [1.165, 1.54) is 4.90 Å². The van der Waals surface area contributed by atoms with Crippen LogP contribution in [0.4, 0.5) is 10.5 Å². The van der Waals surface area contributed by atoms with Crippen LogP contribution in [0.2, 0.25) is 0 Å². The van der Waals surface area contributed by atoms with Crippen molar-refractivity contribution in [3.63, 3.8) is 0 Å². The number of hydrogen-bond donors (Lipinski definition) is 1. The second-order valence-corrected chi connectivity index (χ2v) is 7.40. The van der Waals surface area contributed by atoms with Crippen molar-refractivity contribution < 1.29 is 14.3 Å². The van der Waals surface area contributed by atoms with Crippen molar-refractivity contribution in [1.82, 2.24) is 4.57 Å². The van der Waals surface area contributed by atoms with Crippen molar-refractivity contribution in [2.75, 3.05) is 11.4 Å². The third-order valence-corrected chi connectivity index (χ3v) is 4.58. The molecule has 7 nitrogen and oxygen atoms in total. The van der Waals surface area contributed by atoms with Crippen LogP contribution in [-0.4, -0.2) is 29.2 Å². The van der Waals surface area contributed by atoms with Crippen LogP contribution in [0.1, 0.15) is 20.8 Å². The number of anilines is 1. The number of carbonyl (C=O) groups excluding carboxylic acids is 2. The van der Waals surface area contributed by atoms with Gasteiger partial charge in [-0.15, -0.1) is 0 Å². The summed E-state index contributed by atoms with van der Waals surface area (Å²) in [6.07, 6.45) is -1.56. The molecule has 0 unspecified atom stereocenters. The summed E-state index contributed by atoms with van der Waals surface area (Å²) in [4.78, 5) is 36.6. The summed E-state index contributed by atoms with van der Waals surface area (Å²) < 4.78 is 7.44. The van der Waals surface area contributed by atoms with Gasteiger partial charge in [-0.25, -0.2) is 4.79 Å². The van der Waals surface area contributed by atoms with Crippen LogP contribution >= 0.6 is 11.3 Å². The Morgan fingerprint density at radius 2 is 2.04 bits per heavy atom. The minimum absolute atomic E-state index is 0.0522. The molecule has 3 rings (SSSR count). The van der Waals surface area contributed by atoms with Gasteiger partial charge in [-0.2, -0.15) is 0 Å². The lowest BCUT2D eigenvalue weighted by Crippen LogP contribution is -2.32. The second-order valence-electron chi connectivity index (χ2n) is 6.41. The van der Waals surface area contributed by atoms with E-state index in [-0.39, 0.29) is 17.0 Å². The zero-order chi connectivity index (χ0) is 16.9. The van der Waals surface area contributed by atoms with Gasteiger partial charge in [-0.05, 0) is 39.0 Å². The highest BCUT2D eigenvalue weighted by Gasteiger charge is 2.36. The number of rotatable bonds is 2. The molecule has 8 heteroatoms. The molecule has 1 aromatic heterocycles. The number of hydrogen-bond acceptors (Lipinski definition) is 5. The van der Waals surface area contributed by atoms with Crippen molar-refractivity contribution in [2.24, 2.45) is 5.73 Å². The fourth-order valence-electron chi connectivity index (χ4n) is 2.63. The van der Waals surface area contributed by atoms with Crippen molar-refractivity contribution in [3.05, 3.63) is 27.9 Å². The van der Waals surface area contributed by atoms with Gasteiger partial charge in [-0.1, -0.05) is 11.3 Å². The maximum Gasteiger partial charge on any atom is 0.415 e. The summed E-state index contributed by atoms with van der Waals surface area (Å²) in [6.45, 7) is 5.96. The number of benzene rings is 1. The minimum atomic E-state index is -0.948. The molecular weight excluding hydrogens is 318 g/mol. The summed E-state index contributed by atoms with van der Waals surface area (Å²) in [5.41, 5.74) is 6.24. The summed E-state index contributed by atoms with van der Waals surface area (Å²) in [5.74, 6) is -0.675. The largest absolute Gasteiger partial charge is 0.434 e. The van der Waals surface area contributed by atoms with E-state index in [0.717, 1.165) is 21.6 Å². The summed E-state index contributed by atoms with van der Waals surface area (Å²) >= 11 is 1.12. The third-order valence-electron chi connectivity index (χ3n) is 3.68. The van der Waals surface area contributed by atoms with Crippen LogP contribution in [0.5, 0.6) is 0 Å². The molecule has 0 spiro atoms. The second kappa shape index (κ2) is 5.09. The van der Waals surface area contributed by atoms with Gasteiger partial charge in [0.15, 0.2) is 6.10 Å². The van der Waals surface area contributed by atoms with Crippen LogP contribution < -0.4 is 15.5 Å². The lowest BCUT2D eigenvalue weighted by atomic mass is 10.1. The van der Waals surface area contributed by atoms with Gasteiger partial charge in [0.1, 0.15) is 0 Å². The summed E-state index contributed by atoms with van der Waals surface area (Å²) in [6, 6.07) is 5.30. The van der Waals surface area contributed by atoms with Gasteiger partial charge in [0.2, 0.25) is 0 Å². The quantitative estimate of drug-likeness (QED) is 0.902. The topological polar surface area (TPSA) is 94.6 Å². The number of nitrogens with zero attached hydrogens (tertiary/aromatic N) is 2. The van der Waals surface area contributed by atoms with Gasteiger partial charge in [0, 0.05) is 11.2 Å². The molecule has 122 valence electrons. The molecule has 1 aliphatic rings. The van der Waals surface area contributed by atoms with Gasteiger partial charge in [-0.3, -0.25) is 19.1 Å². The zero-order valence-corrected chi connectivity index (χ0v) is 13.8. The van der Waals surface area contributed by atoms with Gasteiger partial charge in [0.25, 0.3) is 5.91 Å². The average Bonchev–Trinajstić information content (AvgIpc) is 2.96. The molecule has 0 aliphatic carbocycles. The SMILES string of the molecule is CC(C)(C)n1c(=O)sc2cc(N3C[C@H](C(N)=O)OC3=O)ccc21. The highest BCUT2D eigenvalue weighted by atomic mass is 32.1. The number of thiazole rings is 1. The molecular formula is C15H17N3O4S. The number of aromatic nitrogens is 1. The van der Waals surface area contributed by atoms with Gasteiger partial charge in [0.05, 0.1) is 16.8 Å². The monoisotopic (exact) mass is 335 g/mol. The van der Waals surface area contributed by atoms with E-state index in [2.05, 4.69) is 0 Å². The van der Waals surface area contributed by atoms with E-state index < -0.39 is 18.1 Å². The average molecular weight is 335 g/mol. The highest BCUT2D eigenvalue weighted by molar-refractivity contribution is 7.16. The summed E-state index contributed by atoms with van der Waals surface area (Å²) in [7, 11) is 0. The lowest BCUT2D eigenvalue weighted by molar-refractivity contribution is -0.124.